The number of nitrogens with two attached hydrogens (primary N) is 1. The molecule has 0 bridgehead atoms. The highest BCUT2D eigenvalue weighted by Crippen LogP contribution is 2.35. The normalized spacial score (nSPS) is 15.2. The van der Waals surface area contributed by atoms with Crippen LogP contribution in [0.3, 0.4) is 0 Å². The van der Waals surface area contributed by atoms with Gasteiger partial charge in [0, 0.05) is 17.1 Å². The van der Waals surface area contributed by atoms with Crippen molar-refractivity contribution in [1.29, 1.82) is 0 Å². The summed E-state index contributed by atoms with van der Waals surface area (Å²) in [6, 6.07) is 5.25. The molecule has 1 fully saturated rings. The minimum atomic E-state index is -4.86. The standard InChI is InChI=1S/C14H14F3NO3.C2H6/c15-14(16,17)21-11-4-2-1-3-9(11)12(18)10(7-19)13(20)8-5-6-8;1-2/h1-4,8,19H,5-7,18H2;1-2H3/b12-10-;. The number of aliphatic hydroxyl groups excluding tert-OH is 1. The van der Waals surface area contributed by atoms with Gasteiger partial charge in [-0.05, 0) is 25.0 Å². The summed E-state index contributed by atoms with van der Waals surface area (Å²) < 4.78 is 41.0. The van der Waals surface area contributed by atoms with Gasteiger partial charge in [-0.2, -0.15) is 0 Å². The molecule has 128 valence electrons. The van der Waals surface area contributed by atoms with Gasteiger partial charge < -0.3 is 15.6 Å². The number of alkyl halides is 3. The summed E-state index contributed by atoms with van der Waals surface area (Å²) >= 11 is 0. The number of aliphatic hydroxyl groups is 1. The first-order valence-corrected chi connectivity index (χ1v) is 7.32. The van der Waals surface area contributed by atoms with Crippen molar-refractivity contribution in [2.45, 2.75) is 33.1 Å². The van der Waals surface area contributed by atoms with Crippen LogP contribution in [0.15, 0.2) is 29.8 Å². The first-order valence-electron chi connectivity index (χ1n) is 7.32. The Morgan fingerprint density at radius 3 is 2.35 bits per heavy atom. The summed E-state index contributed by atoms with van der Waals surface area (Å²) in [4.78, 5) is 12.0. The van der Waals surface area contributed by atoms with E-state index in [1.54, 1.807) is 0 Å². The second-order valence-electron chi connectivity index (χ2n) is 4.73. The lowest BCUT2D eigenvalue weighted by atomic mass is 10.0. The van der Waals surface area contributed by atoms with E-state index in [9.17, 15) is 23.1 Å². The van der Waals surface area contributed by atoms with Crippen LogP contribution in [0.1, 0.15) is 32.3 Å². The van der Waals surface area contributed by atoms with Gasteiger partial charge in [0.2, 0.25) is 0 Å². The van der Waals surface area contributed by atoms with Gasteiger partial charge in [0.1, 0.15) is 5.75 Å². The molecule has 0 spiro atoms. The van der Waals surface area contributed by atoms with Gasteiger partial charge in [0.25, 0.3) is 0 Å². The molecular weight excluding hydrogens is 311 g/mol. The highest BCUT2D eigenvalue weighted by Gasteiger charge is 2.35. The number of Topliss-reactive ketones (excluding diaryl/α,β-unsaturated/α-hetero) is 1. The lowest BCUT2D eigenvalue weighted by Crippen LogP contribution is -2.20. The number of carbonyl (C=O) groups is 1. The Bertz CT molecular complexity index is 578. The van der Waals surface area contributed by atoms with Crippen molar-refractivity contribution in [3.05, 3.63) is 35.4 Å². The average Bonchev–Trinajstić information content (AvgIpc) is 3.33. The first kappa shape index (κ1) is 19.0. The van der Waals surface area contributed by atoms with Crippen molar-refractivity contribution >= 4 is 11.5 Å². The molecule has 7 heteroatoms. The molecule has 4 nitrogen and oxygen atoms in total. The molecule has 1 saturated carbocycles. The molecule has 2 rings (SSSR count). The fourth-order valence-electron chi connectivity index (χ4n) is 1.95. The number of ether oxygens (including phenoxy) is 1. The number of carbonyl (C=O) groups excluding carboxylic acids is 1. The molecule has 1 aliphatic carbocycles. The molecule has 1 aliphatic rings. The smallest absolute Gasteiger partial charge is 0.405 e. The fraction of sp³-hybridized carbons (Fsp3) is 0.438. The molecule has 0 aliphatic heterocycles. The molecule has 0 aromatic heterocycles. The summed E-state index contributed by atoms with van der Waals surface area (Å²) in [7, 11) is 0. The van der Waals surface area contributed by atoms with Gasteiger partial charge in [-0.1, -0.05) is 26.0 Å². The molecule has 23 heavy (non-hydrogen) atoms. The monoisotopic (exact) mass is 331 g/mol. The third-order valence-electron chi connectivity index (χ3n) is 3.13. The van der Waals surface area contributed by atoms with Crippen LogP contribution >= 0.6 is 0 Å². The number of hydrogen-bond donors (Lipinski definition) is 2. The number of ketones is 1. The number of benzene rings is 1. The summed E-state index contributed by atoms with van der Waals surface area (Å²) in [5, 5.41) is 9.31. The van der Waals surface area contributed by atoms with Crippen LogP contribution in [0.2, 0.25) is 0 Å². The van der Waals surface area contributed by atoms with Gasteiger partial charge in [-0.15, -0.1) is 13.2 Å². The summed E-state index contributed by atoms with van der Waals surface area (Å²) in [6.45, 7) is 3.38. The number of rotatable bonds is 5. The molecule has 1 aromatic carbocycles. The quantitative estimate of drug-likeness (QED) is 0.813. The number of para-hydroxylation sites is 1. The molecule has 0 unspecified atom stereocenters. The van der Waals surface area contributed by atoms with Crippen molar-refractivity contribution < 1.29 is 27.8 Å². The Hall–Kier alpha value is -2.02. The Balaban J connectivity index is 0.00000127. The molecule has 0 amide bonds. The van der Waals surface area contributed by atoms with Gasteiger partial charge in [0.05, 0.1) is 12.3 Å². The SMILES string of the molecule is CC.N/C(=C(/CO)C(=O)C1CC1)c1ccccc1OC(F)(F)F. The van der Waals surface area contributed by atoms with Crippen molar-refractivity contribution in [3.63, 3.8) is 0 Å². The summed E-state index contributed by atoms with van der Waals surface area (Å²) in [6.07, 6.45) is -3.46. The second-order valence-corrected chi connectivity index (χ2v) is 4.73. The Labute approximate surface area is 132 Å². The van der Waals surface area contributed by atoms with Crippen molar-refractivity contribution in [2.24, 2.45) is 11.7 Å². The third-order valence-corrected chi connectivity index (χ3v) is 3.13. The highest BCUT2D eigenvalue weighted by molar-refractivity contribution is 6.05. The zero-order chi connectivity index (χ0) is 17.6. The zero-order valence-electron chi connectivity index (χ0n) is 13.0. The zero-order valence-corrected chi connectivity index (χ0v) is 13.0. The number of halogens is 3. The van der Waals surface area contributed by atoms with Gasteiger partial charge in [-0.3, -0.25) is 4.79 Å². The molecule has 3 N–H and O–H groups in total. The minimum Gasteiger partial charge on any atom is -0.405 e. The van der Waals surface area contributed by atoms with Crippen LogP contribution < -0.4 is 10.5 Å². The minimum absolute atomic E-state index is 0.0622. The van der Waals surface area contributed by atoms with Crippen LogP contribution in [0.25, 0.3) is 5.70 Å². The predicted molar refractivity (Wildman–Crippen MR) is 80.4 cm³/mol. The van der Waals surface area contributed by atoms with Crippen molar-refractivity contribution in [3.8, 4) is 5.75 Å². The summed E-state index contributed by atoms with van der Waals surface area (Å²) in [5.74, 6) is -1.02. The van der Waals surface area contributed by atoms with Crippen LogP contribution in [0.4, 0.5) is 13.2 Å². The molecule has 0 heterocycles. The van der Waals surface area contributed by atoms with Gasteiger partial charge >= 0.3 is 6.36 Å². The van der Waals surface area contributed by atoms with Crippen LogP contribution in [-0.2, 0) is 4.79 Å². The molecule has 0 atom stereocenters. The van der Waals surface area contributed by atoms with E-state index in [-0.39, 0.29) is 28.5 Å². The topological polar surface area (TPSA) is 72.5 Å². The number of hydrogen-bond acceptors (Lipinski definition) is 4. The highest BCUT2D eigenvalue weighted by atomic mass is 19.4. The maximum atomic E-state index is 12.4. The maximum Gasteiger partial charge on any atom is 0.573 e. The molecular formula is C16H20F3NO3. The van der Waals surface area contributed by atoms with Crippen LogP contribution in [-0.4, -0.2) is 23.9 Å². The maximum absolute atomic E-state index is 12.4. The molecule has 0 saturated heterocycles. The molecule has 1 aromatic rings. The first-order chi connectivity index (χ1) is 10.8. The largest absolute Gasteiger partial charge is 0.573 e. The summed E-state index contributed by atoms with van der Waals surface area (Å²) in [5.41, 5.74) is 5.47. The third kappa shape index (κ3) is 5.28. The van der Waals surface area contributed by atoms with E-state index < -0.39 is 18.7 Å². The van der Waals surface area contributed by atoms with Crippen LogP contribution in [0, 0.1) is 5.92 Å². The van der Waals surface area contributed by atoms with Gasteiger partial charge in [0.15, 0.2) is 5.78 Å². The van der Waals surface area contributed by atoms with Crippen molar-refractivity contribution in [2.75, 3.05) is 6.61 Å². The van der Waals surface area contributed by atoms with Gasteiger partial charge in [-0.25, -0.2) is 0 Å². The Morgan fingerprint density at radius 2 is 1.87 bits per heavy atom. The van der Waals surface area contributed by atoms with E-state index in [0.29, 0.717) is 12.8 Å². The van der Waals surface area contributed by atoms with E-state index in [1.165, 1.54) is 18.2 Å². The average molecular weight is 331 g/mol. The van der Waals surface area contributed by atoms with E-state index in [2.05, 4.69) is 4.74 Å². The fourth-order valence-corrected chi connectivity index (χ4v) is 1.95. The Morgan fingerprint density at radius 1 is 1.30 bits per heavy atom. The van der Waals surface area contributed by atoms with Crippen LogP contribution in [0.5, 0.6) is 5.75 Å². The molecule has 0 radical (unpaired) electrons. The van der Waals surface area contributed by atoms with Crippen molar-refractivity contribution in [1.82, 2.24) is 0 Å². The predicted octanol–water partition coefficient (Wildman–Crippen LogP) is 3.25. The lowest BCUT2D eigenvalue weighted by Gasteiger charge is -2.15. The Kier molecular flexibility index (Phi) is 6.62. The van der Waals surface area contributed by atoms with E-state index in [0.717, 1.165) is 6.07 Å². The van der Waals surface area contributed by atoms with E-state index >= 15 is 0 Å². The van der Waals surface area contributed by atoms with E-state index in [4.69, 9.17) is 5.73 Å². The lowest BCUT2D eigenvalue weighted by molar-refractivity contribution is -0.274. The second kappa shape index (κ2) is 8.01. The van der Waals surface area contributed by atoms with E-state index in [1.807, 2.05) is 13.8 Å².